The van der Waals surface area contributed by atoms with E-state index in [1.807, 2.05) is 4.98 Å². The smallest absolute Gasteiger partial charge is 0.325 e. The van der Waals surface area contributed by atoms with Crippen LogP contribution in [0.4, 0.5) is 0 Å². The Morgan fingerprint density at radius 2 is 2.00 bits per heavy atom. The highest BCUT2D eigenvalue weighted by atomic mass is 16.5. The Balaban J connectivity index is 2.10. The van der Waals surface area contributed by atoms with Crippen LogP contribution < -0.4 is 16.6 Å². The van der Waals surface area contributed by atoms with E-state index in [9.17, 15) is 24.3 Å². The van der Waals surface area contributed by atoms with Crippen LogP contribution in [0.5, 0.6) is 0 Å². The summed E-state index contributed by atoms with van der Waals surface area (Å²) in [5.74, 6) is -1.75. The first kappa shape index (κ1) is 15.0. The van der Waals surface area contributed by atoms with Crippen molar-refractivity contribution in [3.05, 3.63) is 32.6 Å². The topological polar surface area (TPSA) is 141 Å². The first-order valence-electron chi connectivity index (χ1n) is 6.36. The molecule has 0 spiro atoms. The molecule has 1 aromatic heterocycles. The monoisotopic (exact) mass is 297 g/mol. The van der Waals surface area contributed by atoms with Gasteiger partial charge >= 0.3 is 11.7 Å². The van der Waals surface area contributed by atoms with Gasteiger partial charge in [-0.05, 0) is 12.8 Å². The van der Waals surface area contributed by atoms with Gasteiger partial charge in [0.1, 0.15) is 5.56 Å². The molecular formula is C12H15N3O6. The maximum atomic E-state index is 11.9. The van der Waals surface area contributed by atoms with Gasteiger partial charge in [-0.15, -0.1) is 0 Å². The van der Waals surface area contributed by atoms with Crippen molar-refractivity contribution in [1.29, 1.82) is 0 Å². The summed E-state index contributed by atoms with van der Waals surface area (Å²) in [5, 5.41) is 11.8. The Labute approximate surface area is 118 Å². The molecule has 9 heteroatoms. The molecule has 1 aromatic rings. The molecule has 0 unspecified atom stereocenters. The van der Waals surface area contributed by atoms with Crippen LogP contribution in [0.15, 0.2) is 15.8 Å². The fourth-order valence-corrected chi connectivity index (χ4v) is 2.15. The molecule has 9 nitrogen and oxygen atoms in total. The van der Waals surface area contributed by atoms with Gasteiger partial charge in [0, 0.05) is 26.0 Å². The molecule has 0 aliphatic carbocycles. The van der Waals surface area contributed by atoms with Crippen molar-refractivity contribution in [2.45, 2.75) is 12.8 Å². The van der Waals surface area contributed by atoms with Gasteiger partial charge in [0.25, 0.3) is 11.5 Å². The third kappa shape index (κ3) is 3.19. The average molecular weight is 297 g/mol. The molecule has 0 saturated carbocycles. The normalized spacial score (nSPS) is 17.1. The Hall–Kier alpha value is -2.42. The molecule has 0 bridgehead atoms. The van der Waals surface area contributed by atoms with Crippen LogP contribution in [-0.4, -0.2) is 46.7 Å². The molecule has 2 heterocycles. The van der Waals surface area contributed by atoms with Gasteiger partial charge in [0.15, 0.2) is 0 Å². The Morgan fingerprint density at radius 3 is 2.57 bits per heavy atom. The lowest BCUT2D eigenvalue weighted by molar-refractivity contribution is -0.154. The third-order valence-corrected chi connectivity index (χ3v) is 3.55. The minimum atomic E-state index is -1.09. The van der Waals surface area contributed by atoms with Crippen LogP contribution in [-0.2, 0) is 9.53 Å². The zero-order chi connectivity index (χ0) is 15.5. The largest absolute Gasteiger partial charge is 0.481 e. The molecular weight excluding hydrogens is 282 g/mol. The van der Waals surface area contributed by atoms with E-state index in [0.717, 1.165) is 6.20 Å². The second-order valence-electron chi connectivity index (χ2n) is 4.87. The predicted octanol–water partition coefficient (Wildman–Crippen LogP) is -1.33. The van der Waals surface area contributed by atoms with E-state index in [0.29, 0.717) is 13.2 Å². The molecule has 1 aliphatic heterocycles. The second-order valence-corrected chi connectivity index (χ2v) is 4.87. The van der Waals surface area contributed by atoms with Crippen molar-refractivity contribution in [2.75, 3.05) is 19.8 Å². The number of hydrogen-bond donors (Lipinski definition) is 4. The molecule has 21 heavy (non-hydrogen) atoms. The molecule has 0 atom stereocenters. The van der Waals surface area contributed by atoms with Crippen molar-refractivity contribution < 1.29 is 19.4 Å². The highest BCUT2D eigenvalue weighted by Gasteiger charge is 2.40. The van der Waals surface area contributed by atoms with E-state index in [4.69, 9.17) is 4.74 Å². The minimum absolute atomic E-state index is 0.108. The second kappa shape index (κ2) is 5.92. The number of H-pyrrole nitrogens is 2. The maximum absolute atomic E-state index is 11.9. The Bertz CT molecular complexity index is 655. The minimum Gasteiger partial charge on any atom is -0.481 e. The highest BCUT2D eigenvalue weighted by Crippen LogP contribution is 2.30. The Kier molecular flexibility index (Phi) is 4.22. The van der Waals surface area contributed by atoms with Gasteiger partial charge in [-0.3, -0.25) is 19.4 Å². The van der Waals surface area contributed by atoms with Gasteiger partial charge in [-0.1, -0.05) is 0 Å². The van der Waals surface area contributed by atoms with Gasteiger partial charge in [-0.2, -0.15) is 0 Å². The number of ether oxygens (including phenoxy) is 1. The quantitative estimate of drug-likeness (QED) is 0.543. The number of rotatable bonds is 4. The van der Waals surface area contributed by atoms with Crippen molar-refractivity contribution >= 4 is 11.9 Å². The van der Waals surface area contributed by atoms with E-state index < -0.39 is 28.5 Å². The summed E-state index contributed by atoms with van der Waals surface area (Å²) >= 11 is 0. The zero-order valence-electron chi connectivity index (χ0n) is 11.1. The van der Waals surface area contributed by atoms with E-state index in [2.05, 4.69) is 10.3 Å². The molecule has 1 aliphatic rings. The average Bonchev–Trinajstić information content (AvgIpc) is 2.45. The first-order valence-corrected chi connectivity index (χ1v) is 6.36. The maximum Gasteiger partial charge on any atom is 0.325 e. The van der Waals surface area contributed by atoms with Gasteiger partial charge in [0.05, 0.1) is 5.41 Å². The summed E-state index contributed by atoms with van der Waals surface area (Å²) < 4.78 is 5.13. The van der Waals surface area contributed by atoms with Gasteiger partial charge in [0.2, 0.25) is 0 Å². The molecule has 4 N–H and O–H groups in total. The number of hydrogen-bond acceptors (Lipinski definition) is 5. The molecule has 0 aromatic carbocycles. The number of nitrogens with one attached hydrogen (secondary N) is 3. The fourth-order valence-electron chi connectivity index (χ4n) is 2.15. The number of aromatic nitrogens is 2. The number of carboxylic acid groups (broad SMARTS) is 1. The lowest BCUT2D eigenvalue weighted by atomic mass is 9.80. The predicted molar refractivity (Wildman–Crippen MR) is 70.1 cm³/mol. The standard InChI is InChI=1S/C12H15N3O6/c16-8(7-5-13-11(20)15-9(7)17)14-6-12(10(18)19)1-3-21-4-2-12/h5H,1-4,6H2,(H,14,16)(H,18,19)(H2,13,15,17,20). The van der Waals surface area contributed by atoms with Gasteiger partial charge < -0.3 is 20.1 Å². The first-order chi connectivity index (χ1) is 9.94. The molecule has 114 valence electrons. The summed E-state index contributed by atoms with van der Waals surface area (Å²) in [4.78, 5) is 49.8. The van der Waals surface area contributed by atoms with E-state index in [1.54, 1.807) is 0 Å². The van der Waals surface area contributed by atoms with E-state index in [-0.39, 0.29) is 24.9 Å². The number of carbonyl (C=O) groups excluding carboxylic acids is 1. The number of aromatic amines is 2. The van der Waals surface area contributed by atoms with Crippen molar-refractivity contribution in [2.24, 2.45) is 5.41 Å². The summed E-state index contributed by atoms with van der Waals surface area (Å²) in [5.41, 5.74) is -2.92. The lowest BCUT2D eigenvalue weighted by Crippen LogP contribution is -2.47. The fraction of sp³-hybridized carbons (Fsp3) is 0.500. The highest BCUT2D eigenvalue weighted by molar-refractivity contribution is 5.93. The van der Waals surface area contributed by atoms with Crippen LogP contribution in [0.3, 0.4) is 0 Å². The van der Waals surface area contributed by atoms with Crippen LogP contribution >= 0.6 is 0 Å². The van der Waals surface area contributed by atoms with Crippen molar-refractivity contribution in [3.8, 4) is 0 Å². The van der Waals surface area contributed by atoms with Crippen LogP contribution in [0.25, 0.3) is 0 Å². The molecule has 1 amide bonds. The molecule has 1 fully saturated rings. The van der Waals surface area contributed by atoms with Gasteiger partial charge in [-0.25, -0.2) is 4.79 Å². The SMILES string of the molecule is O=C(NCC1(C(=O)O)CCOCC1)c1c[nH]c(=O)[nH]c1=O. The third-order valence-electron chi connectivity index (χ3n) is 3.55. The van der Waals surface area contributed by atoms with Crippen LogP contribution in [0, 0.1) is 5.41 Å². The van der Waals surface area contributed by atoms with E-state index >= 15 is 0 Å². The van der Waals surface area contributed by atoms with Crippen LogP contribution in [0.1, 0.15) is 23.2 Å². The summed E-state index contributed by atoms with van der Waals surface area (Å²) in [6.45, 7) is 0.506. The molecule has 2 rings (SSSR count). The number of carboxylic acids is 1. The summed E-state index contributed by atoms with van der Waals surface area (Å²) in [6, 6.07) is 0. The number of aliphatic carboxylic acids is 1. The Morgan fingerprint density at radius 1 is 1.33 bits per heavy atom. The van der Waals surface area contributed by atoms with E-state index in [1.165, 1.54) is 0 Å². The number of amides is 1. The summed E-state index contributed by atoms with van der Waals surface area (Å²) in [6.07, 6.45) is 1.56. The van der Waals surface area contributed by atoms with Crippen LogP contribution in [0.2, 0.25) is 0 Å². The number of carbonyl (C=O) groups is 2. The molecule has 0 radical (unpaired) electrons. The zero-order valence-corrected chi connectivity index (χ0v) is 11.1. The van der Waals surface area contributed by atoms with Crippen molar-refractivity contribution in [3.63, 3.8) is 0 Å². The molecule has 1 saturated heterocycles. The lowest BCUT2D eigenvalue weighted by Gasteiger charge is -2.33. The summed E-state index contributed by atoms with van der Waals surface area (Å²) in [7, 11) is 0. The van der Waals surface area contributed by atoms with Crippen molar-refractivity contribution in [1.82, 2.24) is 15.3 Å².